The number of aromatic nitrogens is 2. The minimum Gasteiger partial charge on any atom is -0.383 e. The van der Waals surface area contributed by atoms with Crippen LogP contribution in [0.25, 0.3) is 0 Å². The molecule has 1 fully saturated rings. The van der Waals surface area contributed by atoms with E-state index >= 15 is 0 Å². The molecule has 20 heavy (non-hydrogen) atoms. The van der Waals surface area contributed by atoms with E-state index in [-0.39, 0.29) is 5.54 Å². The van der Waals surface area contributed by atoms with E-state index in [9.17, 15) is 5.11 Å². The molecule has 1 aliphatic heterocycles. The van der Waals surface area contributed by atoms with Gasteiger partial charge in [0.25, 0.3) is 0 Å². The van der Waals surface area contributed by atoms with E-state index < -0.39 is 6.10 Å². The molecule has 1 aliphatic rings. The quantitative estimate of drug-likeness (QED) is 0.864. The molecule has 2 heterocycles. The van der Waals surface area contributed by atoms with Crippen LogP contribution in [0.4, 0.5) is 0 Å². The van der Waals surface area contributed by atoms with Gasteiger partial charge in [0.2, 0.25) is 0 Å². The molecular formula is C15H27N3O2. The van der Waals surface area contributed by atoms with E-state index in [4.69, 9.17) is 4.74 Å². The van der Waals surface area contributed by atoms with Gasteiger partial charge in [0.1, 0.15) is 11.9 Å². The van der Waals surface area contributed by atoms with Gasteiger partial charge in [0.05, 0.1) is 18.8 Å². The van der Waals surface area contributed by atoms with Crippen LogP contribution < -0.4 is 0 Å². The summed E-state index contributed by atoms with van der Waals surface area (Å²) in [6.45, 7) is 10.5. The van der Waals surface area contributed by atoms with E-state index in [1.165, 1.54) is 0 Å². The maximum atomic E-state index is 10.9. The summed E-state index contributed by atoms with van der Waals surface area (Å²) in [4.78, 5) is 6.74. The van der Waals surface area contributed by atoms with E-state index in [0.29, 0.717) is 0 Å². The zero-order valence-electron chi connectivity index (χ0n) is 12.9. The highest BCUT2D eigenvalue weighted by molar-refractivity contribution is 5.06. The zero-order chi connectivity index (χ0) is 14.6. The molecule has 1 aromatic rings. The number of aliphatic hydroxyl groups is 1. The summed E-state index contributed by atoms with van der Waals surface area (Å²) in [7, 11) is 0. The topological polar surface area (TPSA) is 50.5 Å². The van der Waals surface area contributed by atoms with Crippen LogP contribution in [0, 0.1) is 0 Å². The van der Waals surface area contributed by atoms with Gasteiger partial charge in [0, 0.05) is 32.0 Å². The molecule has 5 heteroatoms. The predicted octanol–water partition coefficient (Wildman–Crippen LogP) is 1.83. The van der Waals surface area contributed by atoms with Crippen molar-refractivity contribution < 1.29 is 9.84 Å². The number of aliphatic hydroxyl groups excluding tert-OH is 1. The summed E-state index contributed by atoms with van der Waals surface area (Å²) in [5.41, 5.74) is -0.291. The molecule has 114 valence electrons. The van der Waals surface area contributed by atoms with Crippen LogP contribution in [0.5, 0.6) is 0 Å². The SMILES string of the molecule is CCCn1ccnc1C(O)C(C)(CC)N1CCOCC1. The van der Waals surface area contributed by atoms with Crippen LogP contribution in [0.15, 0.2) is 12.4 Å². The molecule has 0 aromatic carbocycles. The minimum atomic E-state index is -0.577. The highest BCUT2D eigenvalue weighted by atomic mass is 16.5. The van der Waals surface area contributed by atoms with Crippen molar-refractivity contribution in [3.63, 3.8) is 0 Å². The van der Waals surface area contributed by atoms with Gasteiger partial charge in [-0.3, -0.25) is 4.90 Å². The zero-order valence-corrected chi connectivity index (χ0v) is 12.9. The summed E-state index contributed by atoms with van der Waals surface area (Å²) >= 11 is 0. The molecule has 1 N–H and O–H groups in total. The van der Waals surface area contributed by atoms with Crippen LogP contribution in [0.3, 0.4) is 0 Å². The molecule has 0 radical (unpaired) electrons. The van der Waals surface area contributed by atoms with Gasteiger partial charge < -0.3 is 14.4 Å². The molecular weight excluding hydrogens is 254 g/mol. The first kappa shape index (κ1) is 15.5. The Bertz CT molecular complexity index is 415. The number of morpholine rings is 1. The summed E-state index contributed by atoms with van der Waals surface area (Å²) in [5, 5.41) is 10.9. The van der Waals surface area contributed by atoms with E-state index in [2.05, 4.69) is 35.2 Å². The molecule has 2 rings (SSSR count). The third-order valence-electron chi connectivity index (χ3n) is 4.50. The van der Waals surface area contributed by atoms with Crippen molar-refractivity contribution in [2.75, 3.05) is 26.3 Å². The largest absolute Gasteiger partial charge is 0.383 e. The second kappa shape index (κ2) is 6.70. The number of aryl methyl sites for hydroxylation is 1. The summed E-state index contributed by atoms with van der Waals surface area (Å²) < 4.78 is 7.50. The van der Waals surface area contributed by atoms with Crippen LogP contribution in [0.1, 0.15) is 45.5 Å². The molecule has 0 spiro atoms. The number of hydrogen-bond donors (Lipinski definition) is 1. The maximum Gasteiger partial charge on any atom is 0.139 e. The predicted molar refractivity (Wildman–Crippen MR) is 78.6 cm³/mol. The first-order chi connectivity index (χ1) is 9.63. The fourth-order valence-corrected chi connectivity index (χ4v) is 2.94. The lowest BCUT2D eigenvalue weighted by atomic mass is 9.88. The average Bonchev–Trinajstić information content (AvgIpc) is 2.95. The van der Waals surface area contributed by atoms with Gasteiger partial charge in [0.15, 0.2) is 0 Å². The number of rotatable bonds is 6. The molecule has 0 amide bonds. The van der Waals surface area contributed by atoms with Crippen molar-refractivity contribution in [1.29, 1.82) is 0 Å². The highest BCUT2D eigenvalue weighted by Gasteiger charge is 2.40. The second-order valence-electron chi connectivity index (χ2n) is 5.69. The fraction of sp³-hybridized carbons (Fsp3) is 0.800. The van der Waals surface area contributed by atoms with Gasteiger partial charge in [-0.15, -0.1) is 0 Å². The van der Waals surface area contributed by atoms with Crippen molar-refractivity contribution in [2.24, 2.45) is 0 Å². The van der Waals surface area contributed by atoms with Crippen LogP contribution in [0.2, 0.25) is 0 Å². The number of ether oxygens (including phenoxy) is 1. The molecule has 0 saturated carbocycles. The van der Waals surface area contributed by atoms with Crippen LogP contribution >= 0.6 is 0 Å². The van der Waals surface area contributed by atoms with Gasteiger partial charge in [-0.2, -0.15) is 0 Å². The second-order valence-corrected chi connectivity index (χ2v) is 5.69. The van der Waals surface area contributed by atoms with Gasteiger partial charge in [-0.05, 0) is 19.8 Å². The van der Waals surface area contributed by atoms with Crippen molar-refractivity contribution in [1.82, 2.24) is 14.5 Å². The lowest BCUT2D eigenvalue weighted by Gasteiger charge is -2.45. The number of nitrogens with zero attached hydrogens (tertiary/aromatic N) is 3. The lowest BCUT2D eigenvalue weighted by molar-refractivity contribution is -0.0769. The standard InChI is InChI=1S/C15H27N3O2/c1-4-7-17-8-6-16-14(17)13(19)15(3,5-2)18-9-11-20-12-10-18/h6,8,13,19H,4-5,7,9-12H2,1-3H3. The maximum absolute atomic E-state index is 10.9. The molecule has 1 saturated heterocycles. The van der Waals surface area contributed by atoms with Gasteiger partial charge >= 0.3 is 0 Å². The molecule has 0 aliphatic carbocycles. The summed E-state index contributed by atoms with van der Waals surface area (Å²) in [5.74, 6) is 0.780. The Kier molecular flexibility index (Phi) is 5.18. The third-order valence-corrected chi connectivity index (χ3v) is 4.50. The first-order valence-electron chi connectivity index (χ1n) is 7.65. The van der Waals surface area contributed by atoms with E-state index in [1.807, 2.05) is 6.20 Å². The molecule has 5 nitrogen and oxygen atoms in total. The van der Waals surface area contributed by atoms with E-state index in [0.717, 1.165) is 51.5 Å². The van der Waals surface area contributed by atoms with Crippen molar-refractivity contribution in [3.8, 4) is 0 Å². The van der Waals surface area contributed by atoms with E-state index in [1.54, 1.807) is 6.20 Å². The van der Waals surface area contributed by atoms with Crippen molar-refractivity contribution in [3.05, 3.63) is 18.2 Å². The Balaban J connectivity index is 2.22. The Morgan fingerprint density at radius 1 is 1.40 bits per heavy atom. The average molecular weight is 281 g/mol. The van der Waals surface area contributed by atoms with Crippen LogP contribution in [-0.4, -0.2) is 51.4 Å². The highest BCUT2D eigenvalue weighted by Crippen LogP contribution is 2.34. The van der Waals surface area contributed by atoms with Crippen LogP contribution in [-0.2, 0) is 11.3 Å². The number of hydrogen-bond acceptors (Lipinski definition) is 4. The molecule has 2 unspecified atom stereocenters. The minimum absolute atomic E-state index is 0.291. The Morgan fingerprint density at radius 2 is 2.10 bits per heavy atom. The Labute approximate surface area is 121 Å². The van der Waals surface area contributed by atoms with Gasteiger partial charge in [-0.25, -0.2) is 4.98 Å². The summed E-state index contributed by atoms with van der Waals surface area (Å²) in [6, 6.07) is 0. The Hall–Kier alpha value is -0.910. The third kappa shape index (κ3) is 2.90. The monoisotopic (exact) mass is 281 g/mol. The van der Waals surface area contributed by atoms with Crippen molar-refractivity contribution >= 4 is 0 Å². The number of imidazole rings is 1. The molecule has 2 atom stereocenters. The van der Waals surface area contributed by atoms with Gasteiger partial charge in [-0.1, -0.05) is 13.8 Å². The first-order valence-corrected chi connectivity index (χ1v) is 7.65. The Morgan fingerprint density at radius 3 is 2.70 bits per heavy atom. The smallest absolute Gasteiger partial charge is 0.139 e. The normalized spacial score (nSPS) is 21.6. The van der Waals surface area contributed by atoms with Crippen molar-refractivity contribution in [2.45, 2.75) is 51.8 Å². The molecule has 1 aromatic heterocycles. The molecule has 0 bridgehead atoms. The summed E-state index contributed by atoms with van der Waals surface area (Å²) in [6.07, 6.45) is 5.08. The lowest BCUT2D eigenvalue weighted by Crippen LogP contribution is -2.55. The fourth-order valence-electron chi connectivity index (χ4n) is 2.94.